The van der Waals surface area contributed by atoms with E-state index in [4.69, 9.17) is 0 Å². The topological polar surface area (TPSA) is 102 Å². The quantitative estimate of drug-likeness (QED) is 0.460. The molecule has 0 aliphatic carbocycles. The van der Waals surface area contributed by atoms with Crippen LogP contribution in [0.4, 0.5) is 22.7 Å². The molecular weight excluding hydrogens is 496 g/mol. The van der Waals surface area contributed by atoms with E-state index in [1.165, 1.54) is 6.20 Å². The van der Waals surface area contributed by atoms with Crippen LogP contribution in [0.25, 0.3) is 0 Å². The summed E-state index contributed by atoms with van der Waals surface area (Å²) in [6.45, 7) is 0. The van der Waals surface area contributed by atoms with Crippen molar-refractivity contribution < 1.29 is 39.1 Å². The maximum Gasteiger partial charge on any atom is 0.573 e. The number of rotatable bonds is 8. The average molecular weight is 511 g/mol. The van der Waals surface area contributed by atoms with Crippen molar-refractivity contribution in [2.45, 2.75) is 22.6 Å². The minimum absolute atomic E-state index is 0.146. The van der Waals surface area contributed by atoms with Crippen molar-refractivity contribution >= 4 is 36.3 Å². The summed E-state index contributed by atoms with van der Waals surface area (Å²) in [5.41, 5.74) is 0.146. The standard InChI is InChI=1S/C18H14F4N2O5S3/c19-15-11-12(1-6-16(15)29-18(20,21)22)7-10-31(25,26)13-2-4-14(5-3-13)32(27,28)24-17-23-8-9-30-17/h1-6,8-9,11H,7,10H2,(H,23,24). The fourth-order valence-electron chi connectivity index (χ4n) is 2.55. The second-order valence-corrected chi connectivity index (χ2v) is 11.0. The Morgan fingerprint density at radius 2 is 1.66 bits per heavy atom. The third kappa shape index (κ3) is 6.17. The predicted octanol–water partition coefficient (Wildman–Crippen LogP) is 4.00. The molecule has 0 bridgehead atoms. The van der Waals surface area contributed by atoms with Crippen molar-refractivity contribution in [1.29, 1.82) is 0 Å². The summed E-state index contributed by atoms with van der Waals surface area (Å²) in [6, 6.07) is 7.12. The normalized spacial score (nSPS) is 12.5. The summed E-state index contributed by atoms with van der Waals surface area (Å²) < 4.78 is 106. The van der Waals surface area contributed by atoms with Gasteiger partial charge in [0, 0.05) is 11.6 Å². The molecule has 3 rings (SSSR count). The molecule has 1 N–H and O–H groups in total. The molecule has 0 saturated heterocycles. The number of nitrogens with one attached hydrogen (secondary N) is 1. The van der Waals surface area contributed by atoms with Gasteiger partial charge in [-0.25, -0.2) is 26.2 Å². The maximum atomic E-state index is 13.8. The first kappa shape index (κ1) is 23.9. The van der Waals surface area contributed by atoms with Crippen LogP contribution in [0.5, 0.6) is 5.75 Å². The van der Waals surface area contributed by atoms with Crippen molar-refractivity contribution in [3.8, 4) is 5.75 Å². The van der Waals surface area contributed by atoms with Crippen LogP contribution in [0.15, 0.2) is 63.8 Å². The van der Waals surface area contributed by atoms with Crippen molar-refractivity contribution in [3.63, 3.8) is 0 Å². The van der Waals surface area contributed by atoms with Crippen molar-refractivity contribution in [1.82, 2.24) is 4.98 Å². The molecule has 0 saturated carbocycles. The Morgan fingerprint density at radius 1 is 1.00 bits per heavy atom. The van der Waals surface area contributed by atoms with Crippen LogP contribution in [0.1, 0.15) is 5.56 Å². The molecule has 1 heterocycles. The van der Waals surface area contributed by atoms with Gasteiger partial charge in [0.25, 0.3) is 10.0 Å². The number of halogens is 4. The van der Waals surface area contributed by atoms with Crippen LogP contribution in [0, 0.1) is 5.82 Å². The van der Waals surface area contributed by atoms with E-state index in [1.54, 1.807) is 5.38 Å². The summed E-state index contributed by atoms with van der Waals surface area (Å²) >= 11 is 1.07. The Hall–Kier alpha value is -2.71. The molecule has 7 nitrogen and oxygen atoms in total. The summed E-state index contributed by atoms with van der Waals surface area (Å²) in [5, 5.41) is 1.73. The first-order chi connectivity index (χ1) is 14.9. The number of hydrogen-bond donors (Lipinski definition) is 1. The lowest BCUT2D eigenvalue weighted by atomic mass is 10.1. The molecule has 0 spiro atoms. The zero-order valence-electron chi connectivity index (χ0n) is 15.8. The number of hydrogen-bond acceptors (Lipinski definition) is 7. The first-order valence-electron chi connectivity index (χ1n) is 8.65. The highest BCUT2D eigenvalue weighted by atomic mass is 32.2. The van der Waals surface area contributed by atoms with E-state index in [-0.39, 0.29) is 26.9 Å². The van der Waals surface area contributed by atoms with Gasteiger partial charge in [-0.15, -0.1) is 24.5 Å². The van der Waals surface area contributed by atoms with Crippen LogP contribution >= 0.6 is 11.3 Å². The third-order valence-corrected chi connectivity index (χ3v) is 7.93. The summed E-state index contributed by atoms with van der Waals surface area (Å²) in [5.74, 6) is -2.78. The molecule has 1 aromatic heterocycles. The molecule has 0 amide bonds. The molecule has 14 heteroatoms. The summed E-state index contributed by atoms with van der Waals surface area (Å²) in [7, 11) is -7.83. The van der Waals surface area contributed by atoms with Gasteiger partial charge in [-0.3, -0.25) is 4.72 Å². The van der Waals surface area contributed by atoms with Crippen LogP contribution in [-0.4, -0.2) is 33.9 Å². The highest BCUT2D eigenvalue weighted by molar-refractivity contribution is 7.93. The Kier molecular flexibility index (Phi) is 6.76. The minimum atomic E-state index is -5.05. The van der Waals surface area contributed by atoms with Gasteiger partial charge in [-0.1, -0.05) is 6.07 Å². The number of aryl methyl sites for hydroxylation is 1. The average Bonchev–Trinajstić information content (AvgIpc) is 3.20. The zero-order valence-corrected chi connectivity index (χ0v) is 18.3. The maximum absolute atomic E-state index is 13.8. The molecule has 0 radical (unpaired) electrons. The second kappa shape index (κ2) is 9.03. The van der Waals surface area contributed by atoms with Gasteiger partial charge in [0.15, 0.2) is 26.5 Å². The lowest BCUT2D eigenvalue weighted by Crippen LogP contribution is -2.18. The summed E-state index contributed by atoms with van der Waals surface area (Å²) in [6.07, 6.45) is -3.82. The van der Waals surface area contributed by atoms with Crippen molar-refractivity contribution in [2.24, 2.45) is 0 Å². The van der Waals surface area contributed by atoms with E-state index in [0.29, 0.717) is 0 Å². The van der Waals surface area contributed by atoms with Crippen LogP contribution in [0.2, 0.25) is 0 Å². The lowest BCUT2D eigenvalue weighted by Gasteiger charge is -2.11. The number of aromatic nitrogens is 1. The number of nitrogens with zero attached hydrogens (tertiary/aromatic N) is 1. The van der Waals surface area contributed by atoms with Gasteiger partial charge < -0.3 is 4.74 Å². The van der Waals surface area contributed by atoms with Crippen molar-refractivity contribution in [3.05, 3.63) is 65.4 Å². The number of thiazole rings is 1. The fraction of sp³-hybridized carbons (Fsp3) is 0.167. The van der Waals surface area contributed by atoms with Gasteiger partial charge >= 0.3 is 6.36 Å². The highest BCUT2D eigenvalue weighted by Gasteiger charge is 2.32. The van der Waals surface area contributed by atoms with E-state index in [1.807, 2.05) is 0 Å². The molecular formula is C18H14F4N2O5S3. The van der Waals surface area contributed by atoms with E-state index in [0.717, 1.165) is 53.8 Å². The number of ether oxygens (including phenoxy) is 1. The lowest BCUT2D eigenvalue weighted by molar-refractivity contribution is -0.275. The van der Waals surface area contributed by atoms with Gasteiger partial charge in [0.1, 0.15) is 0 Å². The Labute approximate surface area is 184 Å². The highest BCUT2D eigenvalue weighted by Crippen LogP contribution is 2.27. The van der Waals surface area contributed by atoms with Crippen LogP contribution in [-0.2, 0) is 26.3 Å². The number of alkyl halides is 3. The van der Waals surface area contributed by atoms with Gasteiger partial charge in [0.2, 0.25) is 0 Å². The monoisotopic (exact) mass is 510 g/mol. The van der Waals surface area contributed by atoms with Gasteiger partial charge in [-0.05, 0) is 48.4 Å². The SMILES string of the molecule is O=S(=O)(CCc1ccc(OC(F)(F)F)c(F)c1)c1ccc(S(=O)(=O)Nc2nccs2)cc1. The van der Waals surface area contributed by atoms with Crippen LogP contribution < -0.4 is 9.46 Å². The van der Waals surface area contributed by atoms with Gasteiger partial charge in [0.05, 0.1) is 15.5 Å². The molecule has 0 aliphatic heterocycles. The Balaban J connectivity index is 1.69. The molecule has 0 atom stereocenters. The Morgan fingerprint density at radius 3 is 2.22 bits per heavy atom. The molecule has 2 aromatic carbocycles. The molecule has 172 valence electrons. The molecule has 0 unspecified atom stereocenters. The zero-order chi connectivity index (χ0) is 23.6. The molecule has 0 aliphatic rings. The van der Waals surface area contributed by atoms with Crippen molar-refractivity contribution in [2.75, 3.05) is 10.5 Å². The Bertz CT molecular complexity index is 1290. The van der Waals surface area contributed by atoms with Gasteiger partial charge in [-0.2, -0.15) is 0 Å². The van der Waals surface area contributed by atoms with Crippen LogP contribution in [0.3, 0.4) is 0 Å². The largest absolute Gasteiger partial charge is 0.573 e. The number of anilines is 1. The minimum Gasteiger partial charge on any atom is -0.403 e. The molecule has 0 fully saturated rings. The fourth-order valence-corrected chi connectivity index (χ4v) is 5.63. The van der Waals surface area contributed by atoms with E-state index < -0.39 is 43.5 Å². The first-order valence-corrected chi connectivity index (χ1v) is 12.7. The molecule has 32 heavy (non-hydrogen) atoms. The predicted molar refractivity (Wildman–Crippen MR) is 108 cm³/mol. The smallest absolute Gasteiger partial charge is 0.403 e. The van der Waals surface area contributed by atoms with E-state index >= 15 is 0 Å². The third-order valence-electron chi connectivity index (χ3n) is 4.03. The molecule has 3 aromatic rings. The summed E-state index contributed by atoms with van der Waals surface area (Å²) in [4.78, 5) is 3.47. The number of sulfone groups is 1. The number of sulfonamides is 1. The second-order valence-electron chi connectivity index (χ2n) is 6.30. The van der Waals surface area contributed by atoms with E-state index in [9.17, 15) is 34.4 Å². The van der Waals surface area contributed by atoms with E-state index in [2.05, 4.69) is 14.4 Å². The number of benzene rings is 2.